The average molecular weight is 530 g/mol. The molecule has 2 amide bonds. The first-order valence-electron chi connectivity index (χ1n) is 10.4. The molecule has 0 saturated carbocycles. The Morgan fingerprint density at radius 3 is 2.08 bits per heavy atom. The average Bonchev–Trinajstić information content (AvgIpc) is 2.85. The highest BCUT2D eigenvalue weighted by Gasteiger charge is 2.51. The number of alkyl halides is 2. The molecule has 0 radical (unpaired) electrons. The van der Waals surface area contributed by atoms with Crippen LogP contribution in [0.15, 0.2) is 42.5 Å². The van der Waals surface area contributed by atoms with E-state index < -0.39 is 81.9 Å². The number of hydrogen-bond donors (Lipinski definition) is 0. The topological polar surface area (TPSA) is 49.9 Å². The normalized spacial score (nSPS) is 14.3. The number of nitrogens with zero attached hydrogens (tertiary/aromatic N) is 2. The molecular formula is C24H14F8N2O3. The molecule has 0 atom stereocenters. The van der Waals surface area contributed by atoms with Crippen molar-refractivity contribution in [3.05, 3.63) is 82.9 Å². The van der Waals surface area contributed by atoms with Gasteiger partial charge in [0.05, 0.1) is 11.3 Å². The van der Waals surface area contributed by atoms with E-state index in [2.05, 4.69) is 4.74 Å². The maximum atomic E-state index is 14.7. The Bertz CT molecular complexity index is 1390. The van der Waals surface area contributed by atoms with Gasteiger partial charge in [-0.2, -0.15) is 8.78 Å². The zero-order valence-corrected chi connectivity index (χ0v) is 18.6. The third-order valence-corrected chi connectivity index (χ3v) is 5.53. The number of likely N-dealkylation sites (N-methyl/N-ethyl adjacent to an activating group) is 1. The van der Waals surface area contributed by atoms with Crippen LogP contribution in [0.4, 0.5) is 40.8 Å². The molecule has 0 N–H and O–H groups in total. The number of hydrogen-bond acceptors (Lipinski definition) is 3. The summed E-state index contributed by atoms with van der Waals surface area (Å²) in [6.45, 7) is -1.03. The van der Waals surface area contributed by atoms with Gasteiger partial charge in [0.2, 0.25) is 11.7 Å². The molecule has 0 fully saturated rings. The van der Waals surface area contributed by atoms with Crippen molar-refractivity contribution >= 4 is 17.5 Å². The predicted octanol–water partition coefficient (Wildman–Crippen LogP) is 5.17. The van der Waals surface area contributed by atoms with E-state index in [4.69, 9.17) is 0 Å². The Kier molecular flexibility index (Phi) is 6.57. The highest BCUT2D eigenvalue weighted by atomic mass is 19.3. The van der Waals surface area contributed by atoms with Gasteiger partial charge in [-0.05, 0) is 11.6 Å². The molecule has 1 aliphatic rings. The maximum absolute atomic E-state index is 14.7. The van der Waals surface area contributed by atoms with Gasteiger partial charge in [0.15, 0.2) is 29.0 Å². The molecule has 0 aromatic heterocycles. The minimum Gasteiger partial charge on any atom is -0.423 e. The molecule has 0 unspecified atom stereocenters. The van der Waals surface area contributed by atoms with E-state index in [1.807, 2.05) is 0 Å². The minimum atomic E-state index is -4.55. The number of fused-ring (bicyclic) bond motifs is 1. The van der Waals surface area contributed by atoms with Crippen molar-refractivity contribution in [2.24, 2.45) is 0 Å². The van der Waals surface area contributed by atoms with Gasteiger partial charge in [-0.3, -0.25) is 14.5 Å². The predicted molar refractivity (Wildman–Crippen MR) is 112 cm³/mol. The van der Waals surface area contributed by atoms with Gasteiger partial charge in [-0.15, -0.1) is 0 Å². The van der Waals surface area contributed by atoms with Crippen LogP contribution in [0.5, 0.6) is 5.75 Å². The number of carbonyl (C=O) groups excluding carboxylic acids is 2. The van der Waals surface area contributed by atoms with Gasteiger partial charge in [0.25, 0.3) is 0 Å². The summed E-state index contributed by atoms with van der Waals surface area (Å²) in [6.07, 6.45) is -4.55. The van der Waals surface area contributed by atoms with Crippen LogP contribution in [0, 0.1) is 34.9 Å². The first-order chi connectivity index (χ1) is 17.3. The van der Waals surface area contributed by atoms with Gasteiger partial charge in [0, 0.05) is 25.2 Å². The molecule has 5 nitrogen and oxygen atoms in total. The lowest BCUT2D eigenvalue weighted by Gasteiger charge is -2.34. The van der Waals surface area contributed by atoms with Gasteiger partial charge in [-0.1, -0.05) is 30.3 Å². The smallest absolute Gasteiger partial charge is 0.423 e. The second-order valence-corrected chi connectivity index (χ2v) is 7.99. The van der Waals surface area contributed by atoms with Crippen LogP contribution in [-0.4, -0.2) is 36.4 Å². The van der Waals surface area contributed by atoms with Crippen LogP contribution in [0.2, 0.25) is 0 Å². The summed E-state index contributed by atoms with van der Waals surface area (Å²) in [5.41, 5.74) is -3.04. The lowest BCUT2D eigenvalue weighted by atomic mass is 10.0. The van der Waals surface area contributed by atoms with Crippen molar-refractivity contribution in [1.82, 2.24) is 4.90 Å². The molecule has 3 aromatic carbocycles. The van der Waals surface area contributed by atoms with E-state index in [9.17, 15) is 44.7 Å². The molecule has 0 aliphatic carbocycles. The van der Waals surface area contributed by atoms with Crippen LogP contribution in [0.3, 0.4) is 0 Å². The number of amides is 2. The lowest BCUT2D eigenvalue weighted by Crippen LogP contribution is -2.53. The number of benzene rings is 3. The molecule has 0 saturated heterocycles. The maximum Gasteiger partial charge on any atom is 0.482 e. The van der Waals surface area contributed by atoms with Crippen LogP contribution in [0.1, 0.15) is 5.56 Å². The summed E-state index contributed by atoms with van der Waals surface area (Å²) in [4.78, 5) is 26.4. The van der Waals surface area contributed by atoms with E-state index >= 15 is 0 Å². The number of rotatable bonds is 5. The van der Waals surface area contributed by atoms with Crippen molar-refractivity contribution in [3.8, 4) is 16.9 Å². The summed E-state index contributed by atoms with van der Waals surface area (Å²) < 4.78 is 117. The fraction of sp³-hybridized carbons (Fsp3) is 0.167. The minimum absolute atomic E-state index is 0.0146. The molecule has 1 heterocycles. The molecule has 4 rings (SSSR count). The van der Waals surface area contributed by atoms with Crippen LogP contribution in [-0.2, 0) is 16.1 Å². The van der Waals surface area contributed by atoms with E-state index in [-0.39, 0.29) is 17.5 Å². The Balaban J connectivity index is 1.78. The summed E-state index contributed by atoms with van der Waals surface area (Å²) in [5, 5.41) is 0. The SMILES string of the molecule is CN(Cc1ccccc1)C(=O)CN1C(=O)C(F)(F)Oc2cc(F)c(-c3c(F)c(F)c(F)c(F)c3F)cc21. The first-order valence-corrected chi connectivity index (χ1v) is 10.4. The fourth-order valence-electron chi connectivity index (χ4n) is 3.68. The second kappa shape index (κ2) is 9.37. The molecular weight excluding hydrogens is 516 g/mol. The molecule has 1 aliphatic heterocycles. The lowest BCUT2D eigenvalue weighted by molar-refractivity contribution is -0.193. The Hall–Kier alpha value is -4.16. The third kappa shape index (κ3) is 4.56. The number of halogens is 8. The monoisotopic (exact) mass is 530 g/mol. The van der Waals surface area contributed by atoms with Gasteiger partial charge >= 0.3 is 12.0 Å². The van der Waals surface area contributed by atoms with Crippen molar-refractivity contribution in [2.75, 3.05) is 18.5 Å². The fourth-order valence-corrected chi connectivity index (χ4v) is 3.68. The summed E-state index contributed by atoms with van der Waals surface area (Å²) >= 11 is 0. The molecule has 0 spiro atoms. The van der Waals surface area contributed by atoms with E-state index in [0.29, 0.717) is 11.6 Å². The number of anilines is 1. The number of carbonyl (C=O) groups is 2. The summed E-state index contributed by atoms with van der Waals surface area (Å²) in [5.74, 6) is -17.7. The van der Waals surface area contributed by atoms with Crippen LogP contribution in [0.25, 0.3) is 11.1 Å². The van der Waals surface area contributed by atoms with Gasteiger partial charge in [0.1, 0.15) is 12.4 Å². The largest absolute Gasteiger partial charge is 0.482 e. The second-order valence-electron chi connectivity index (χ2n) is 7.99. The van der Waals surface area contributed by atoms with Crippen LogP contribution < -0.4 is 9.64 Å². The van der Waals surface area contributed by atoms with Crippen molar-refractivity contribution in [3.63, 3.8) is 0 Å². The Morgan fingerprint density at radius 1 is 0.919 bits per heavy atom. The van der Waals surface area contributed by atoms with Gasteiger partial charge < -0.3 is 9.64 Å². The Morgan fingerprint density at radius 2 is 1.49 bits per heavy atom. The van der Waals surface area contributed by atoms with Crippen LogP contribution >= 0.6 is 0 Å². The van der Waals surface area contributed by atoms with E-state index in [0.717, 1.165) is 4.90 Å². The number of ether oxygens (including phenoxy) is 1. The van der Waals surface area contributed by atoms with E-state index in [1.54, 1.807) is 30.3 Å². The van der Waals surface area contributed by atoms with Crippen molar-refractivity contribution < 1.29 is 49.4 Å². The third-order valence-electron chi connectivity index (χ3n) is 5.53. The molecule has 194 valence electrons. The Labute approximate surface area is 203 Å². The first kappa shape index (κ1) is 25.9. The van der Waals surface area contributed by atoms with Crippen molar-refractivity contribution in [2.45, 2.75) is 12.7 Å². The zero-order chi connectivity index (χ0) is 27.2. The highest BCUT2D eigenvalue weighted by molar-refractivity contribution is 6.05. The standard InChI is InChI=1S/C24H14F8N2O3/c1-33(9-11-5-3-2-4-6-11)16(35)10-34-14-7-12(13(25)8-15(14)37-24(31,32)23(34)36)17-18(26)20(28)22(30)21(29)19(17)27/h2-8H,9-10H2,1H3. The molecule has 13 heteroatoms. The summed E-state index contributed by atoms with van der Waals surface area (Å²) in [7, 11) is 1.31. The summed E-state index contributed by atoms with van der Waals surface area (Å²) in [6, 6.07) is 9.02. The highest BCUT2D eigenvalue weighted by Crippen LogP contribution is 2.44. The van der Waals surface area contributed by atoms with Crippen molar-refractivity contribution in [1.29, 1.82) is 0 Å². The van der Waals surface area contributed by atoms with E-state index in [1.165, 1.54) is 7.05 Å². The molecule has 0 bridgehead atoms. The quantitative estimate of drug-likeness (QED) is 0.260. The zero-order valence-electron chi connectivity index (χ0n) is 18.6. The van der Waals surface area contributed by atoms with Gasteiger partial charge in [-0.25, -0.2) is 26.3 Å². The molecule has 3 aromatic rings. The molecule has 37 heavy (non-hydrogen) atoms.